The molecule has 0 unspecified atom stereocenters. The summed E-state index contributed by atoms with van der Waals surface area (Å²) in [7, 11) is 0. The Balaban J connectivity index is 1.98. The molecule has 1 aromatic carbocycles. The van der Waals surface area contributed by atoms with Crippen LogP contribution in [-0.4, -0.2) is 22.6 Å². The highest BCUT2D eigenvalue weighted by Gasteiger charge is 2.21. The van der Waals surface area contributed by atoms with Gasteiger partial charge in [-0.2, -0.15) is 0 Å². The van der Waals surface area contributed by atoms with E-state index in [4.69, 9.17) is 39.8 Å². The van der Waals surface area contributed by atoms with Crippen molar-refractivity contribution in [3.63, 3.8) is 0 Å². The Morgan fingerprint density at radius 3 is 2.23 bits per heavy atom. The van der Waals surface area contributed by atoms with Gasteiger partial charge in [0.1, 0.15) is 5.65 Å². The molecule has 0 bridgehead atoms. The number of nitrogens with zero attached hydrogens (tertiary/aromatic N) is 3. The van der Waals surface area contributed by atoms with Gasteiger partial charge in [0.2, 0.25) is 0 Å². The van der Waals surface area contributed by atoms with Gasteiger partial charge in [0.05, 0.1) is 15.7 Å². The van der Waals surface area contributed by atoms with Gasteiger partial charge in [-0.25, -0.2) is 4.98 Å². The maximum atomic E-state index is 6.48. The van der Waals surface area contributed by atoms with Crippen LogP contribution in [0.15, 0.2) is 24.4 Å². The van der Waals surface area contributed by atoms with Crippen molar-refractivity contribution in [2.45, 2.75) is 33.1 Å². The SMILES string of the molecule is Cc1cc(N2CCCCC2)c2c(C)cn(-c3c(Cl)cc(Cl)cc3Cl)c2n1. The van der Waals surface area contributed by atoms with Crippen LogP contribution in [-0.2, 0) is 0 Å². The van der Waals surface area contributed by atoms with Crippen LogP contribution in [0.5, 0.6) is 0 Å². The van der Waals surface area contributed by atoms with Crippen LogP contribution >= 0.6 is 34.8 Å². The van der Waals surface area contributed by atoms with Crippen LogP contribution in [0.1, 0.15) is 30.5 Å². The number of benzene rings is 1. The fourth-order valence-electron chi connectivity index (χ4n) is 3.83. The van der Waals surface area contributed by atoms with Crippen LogP contribution in [0, 0.1) is 13.8 Å². The van der Waals surface area contributed by atoms with Gasteiger partial charge in [-0.05, 0) is 56.9 Å². The van der Waals surface area contributed by atoms with Crippen molar-refractivity contribution in [1.82, 2.24) is 9.55 Å². The summed E-state index contributed by atoms with van der Waals surface area (Å²) in [5, 5.41) is 2.72. The zero-order chi connectivity index (χ0) is 18.4. The molecule has 1 fully saturated rings. The van der Waals surface area contributed by atoms with Gasteiger partial charge in [-0.15, -0.1) is 0 Å². The number of hydrogen-bond acceptors (Lipinski definition) is 2. The molecular weight excluding hydrogens is 389 g/mol. The lowest BCUT2D eigenvalue weighted by Crippen LogP contribution is -2.29. The largest absolute Gasteiger partial charge is 0.371 e. The molecule has 1 aliphatic rings. The third-order valence-electron chi connectivity index (χ3n) is 4.97. The molecule has 1 aliphatic heterocycles. The Hall–Kier alpha value is -1.42. The molecule has 26 heavy (non-hydrogen) atoms. The van der Waals surface area contributed by atoms with Gasteiger partial charge >= 0.3 is 0 Å². The molecule has 0 aliphatic carbocycles. The Morgan fingerprint density at radius 1 is 0.923 bits per heavy atom. The molecule has 3 nitrogen and oxygen atoms in total. The minimum Gasteiger partial charge on any atom is -0.371 e. The molecule has 0 saturated carbocycles. The van der Waals surface area contributed by atoms with E-state index in [0.717, 1.165) is 35.7 Å². The highest BCUT2D eigenvalue weighted by atomic mass is 35.5. The van der Waals surface area contributed by atoms with Crippen molar-refractivity contribution in [3.8, 4) is 5.69 Å². The second kappa shape index (κ2) is 6.95. The van der Waals surface area contributed by atoms with E-state index in [1.165, 1.54) is 30.3 Å². The number of rotatable bonds is 2. The van der Waals surface area contributed by atoms with Gasteiger partial charge in [0, 0.05) is 41.1 Å². The normalized spacial score (nSPS) is 15.0. The van der Waals surface area contributed by atoms with E-state index in [1.54, 1.807) is 12.1 Å². The molecule has 0 N–H and O–H groups in total. The maximum Gasteiger partial charge on any atom is 0.147 e. The number of pyridine rings is 1. The van der Waals surface area contributed by atoms with Crippen molar-refractivity contribution in [2.75, 3.05) is 18.0 Å². The Labute approximate surface area is 168 Å². The van der Waals surface area contributed by atoms with Crippen molar-refractivity contribution in [2.24, 2.45) is 0 Å². The summed E-state index contributed by atoms with van der Waals surface area (Å²) in [6.07, 6.45) is 5.83. The lowest BCUT2D eigenvalue weighted by Gasteiger charge is -2.29. The highest BCUT2D eigenvalue weighted by Crippen LogP contribution is 2.38. The maximum absolute atomic E-state index is 6.48. The fraction of sp³-hybridized carbons (Fsp3) is 0.350. The average Bonchev–Trinajstić information content (AvgIpc) is 2.90. The van der Waals surface area contributed by atoms with Crippen molar-refractivity contribution in [3.05, 3.63) is 50.7 Å². The first kappa shape index (κ1) is 18.0. The zero-order valence-electron chi connectivity index (χ0n) is 14.8. The molecule has 0 radical (unpaired) electrons. The summed E-state index contributed by atoms with van der Waals surface area (Å²) in [6, 6.07) is 5.62. The minimum atomic E-state index is 0.516. The number of halogens is 3. The van der Waals surface area contributed by atoms with E-state index in [9.17, 15) is 0 Å². The van der Waals surface area contributed by atoms with Crippen LogP contribution in [0.4, 0.5) is 5.69 Å². The Kier molecular flexibility index (Phi) is 4.81. The molecule has 3 heterocycles. The van der Waals surface area contributed by atoms with Gasteiger partial charge < -0.3 is 4.90 Å². The number of piperidine rings is 1. The van der Waals surface area contributed by atoms with E-state index in [-0.39, 0.29) is 0 Å². The first-order valence-corrected chi connectivity index (χ1v) is 9.98. The summed E-state index contributed by atoms with van der Waals surface area (Å²) < 4.78 is 1.99. The molecule has 0 atom stereocenters. The molecule has 2 aromatic heterocycles. The summed E-state index contributed by atoms with van der Waals surface area (Å²) in [5.74, 6) is 0. The second-order valence-corrected chi connectivity index (χ2v) is 8.18. The quantitative estimate of drug-likeness (QED) is 0.476. The van der Waals surface area contributed by atoms with Gasteiger partial charge in [0.25, 0.3) is 0 Å². The summed E-state index contributed by atoms with van der Waals surface area (Å²) in [4.78, 5) is 7.29. The van der Waals surface area contributed by atoms with Gasteiger partial charge in [-0.1, -0.05) is 34.8 Å². The van der Waals surface area contributed by atoms with Crippen LogP contribution in [0.3, 0.4) is 0 Å². The Bertz CT molecular complexity index is 965. The van der Waals surface area contributed by atoms with Crippen molar-refractivity contribution < 1.29 is 0 Å². The number of fused-ring (bicyclic) bond motifs is 1. The third-order valence-corrected chi connectivity index (χ3v) is 5.77. The smallest absolute Gasteiger partial charge is 0.147 e. The molecule has 136 valence electrons. The minimum absolute atomic E-state index is 0.516. The predicted molar refractivity (Wildman–Crippen MR) is 112 cm³/mol. The first-order chi connectivity index (χ1) is 12.5. The monoisotopic (exact) mass is 407 g/mol. The van der Waals surface area contributed by atoms with E-state index < -0.39 is 0 Å². The highest BCUT2D eigenvalue weighted by molar-refractivity contribution is 6.40. The first-order valence-electron chi connectivity index (χ1n) is 8.85. The number of anilines is 1. The average molecular weight is 409 g/mol. The fourth-order valence-corrected chi connectivity index (χ4v) is 4.83. The molecular formula is C20H20Cl3N3. The molecule has 6 heteroatoms. The summed E-state index contributed by atoms with van der Waals surface area (Å²) in [6.45, 7) is 6.32. The zero-order valence-corrected chi connectivity index (χ0v) is 17.1. The number of aromatic nitrogens is 2. The number of aryl methyl sites for hydroxylation is 2. The van der Waals surface area contributed by atoms with Crippen LogP contribution in [0.25, 0.3) is 16.7 Å². The summed E-state index contributed by atoms with van der Waals surface area (Å²) >= 11 is 19.0. The molecule has 0 amide bonds. The molecule has 4 rings (SSSR count). The van der Waals surface area contributed by atoms with Crippen molar-refractivity contribution >= 4 is 51.5 Å². The van der Waals surface area contributed by atoms with E-state index in [0.29, 0.717) is 15.1 Å². The molecule has 0 spiro atoms. The van der Waals surface area contributed by atoms with E-state index >= 15 is 0 Å². The lowest BCUT2D eigenvalue weighted by molar-refractivity contribution is 0.579. The van der Waals surface area contributed by atoms with Gasteiger partial charge in [0.15, 0.2) is 0 Å². The lowest BCUT2D eigenvalue weighted by atomic mass is 10.1. The summed E-state index contributed by atoms with van der Waals surface area (Å²) in [5.41, 5.74) is 5.01. The van der Waals surface area contributed by atoms with Crippen molar-refractivity contribution in [1.29, 1.82) is 0 Å². The van der Waals surface area contributed by atoms with Crippen LogP contribution in [0.2, 0.25) is 15.1 Å². The number of hydrogen-bond donors (Lipinski definition) is 0. The topological polar surface area (TPSA) is 21.1 Å². The predicted octanol–water partition coefficient (Wildman–Crippen LogP) is 6.59. The Morgan fingerprint density at radius 2 is 1.58 bits per heavy atom. The van der Waals surface area contributed by atoms with E-state index in [1.807, 2.05) is 11.5 Å². The molecule has 3 aromatic rings. The third kappa shape index (κ3) is 3.06. The standard InChI is InChI=1S/C20H20Cl3N3/c1-12-11-26(19-15(22)9-14(21)10-16(19)23)20-18(12)17(8-13(2)24-20)25-6-4-3-5-7-25/h8-11H,3-7H2,1-2H3. The second-order valence-electron chi connectivity index (χ2n) is 6.93. The van der Waals surface area contributed by atoms with E-state index in [2.05, 4.69) is 24.1 Å². The van der Waals surface area contributed by atoms with Crippen LogP contribution < -0.4 is 4.90 Å². The van der Waals surface area contributed by atoms with Gasteiger partial charge in [-0.3, -0.25) is 4.57 Å². The molecule has 1 saturated heterocycles.